The third-order valence-corrected chi connectivity index (χ3v) is 2.53. The summed E-state index contributed by atoms with van der Waals surface area (Å²) in [6.45, 7) is 3.94. The Morgan fingerprint density at radius 2 is 2.00 bits per heavy atom. The molecule has 0 aliphatic rings. The summed E-state index contributed by atoms with van der Waals surface area (Å²) in [5, 5.41) is 9.05. The molecule has 0 amide bonds. The third kappa shape index (κ3) is 3.65. The number of halogens is 1. The predicted molar refractivity (Wildman–Crippen MR) is 60.7 cm³/mol. The number of carboxylic acids is 1. The van der Waals surface area contributed by atoms with Gasteiger partial charge < -0.3 is 5.11 Å². The molecule has 1 aromatic rings. The normalized spacial score (nSPS) is 12.8. The molecule has 88 valence electrons. The zero-order valence-corrected chi connectivity index (χ0v) is 9.61. The minimum absolute atomic E-state index is 0.264. The van der Waals surface area contributed by atoms with Crippen molar-refractivity contribution in [2.24, 2.45) is 11.8 Å². The molecular weight excluding hydrogens is 207 g/mol. The Bertz CT molecular complexity index is 361. The predicted octanol–water partition coefficient (Wildman–Crippen LogP) is 3.12. The molecule has 0 spiro atoms. The van der Waals surface area contributed by atoms with Crippen LogP contribution in [0.4, 0.5) is 4.39 Å². The van der Waals surface area contributed by atoms with Crippen LogP contribution in [0.3, 0.4) is 0 Å². The van der Waals surface area contributed by atoms with E-state index in [-0.39, 0.29) is 12.2 Å². The van der Waals surface area contributed by atoms with Crippen molar-refractivity contribution in [1.29, 1.82) is 0 Å². The lowest BCUT2D eigenvalue weighted by atomic mass is 9.91. The maximum absolute atomic E-state index is 13.4. The largest absolute Gasteiger partial charge is 0.481 e. The molecule has 1 aromatic carbocycles. The van der Waals surface area contributed by atoms with Gasteiger partial charge in [-0.05, 0) is 30.4 Å². The summed E-state index contributed by atoms with van der Waals surface area (Å²) in [5.41, 5.74) is 0.482. The average molecular weight is 224 g/mol. The minimum atomic E-state index is -0.850. The molecule has 0 aromatic heterocycles. The van der Waals surface area contributed by atoms with Crippen LogP contribution >= 0.6 is 0 Å². The van der Waals surface area contributed by atoms with E-state index in [0.717, 1.165) is 0 Å². The van der Waals surface area contributed by atoms with Crippen LogP contribution in [0, 0.1) is 17.7 Å². The van der Waals surface area contributed by atoms with Crippen molar-refractivity contribution in [3.8, 4) is 0 Å². The molecule has 1 unspecified atom stereocenters. The van der Waals surface area contributed by atoms with Crippen LogP contribution in [0.15, 0.2) is 24.3 Å². The zero-order chi connectivity index (χ0) is 12.1. The fourth-order valence-corrected chi connectivity index (χ4v) is 1.77. The van der Waals surface area contributed by atoms with Crippen LogP contribution in [0.1, 0.15) is 25.8 Å². The SMILES string of the molecule is CC(C)CC(Cc1ccccc1F)C(=O)O. The molecular formula is C13H17FO2. The molecule has 0 saturated heterocycles. The van der Waals surface area contributed by atoms with E-state index >= 15 is 0 Å². The molecule has 0 fully saturated rings. The molecule has 0 aliphatic carbocycles. The smallest absolute Gasteiger partial charge is 0.306 e. The molecule has 1 N–H and O–H groups in total. The molecule has 1 atom stereocenters. The summed E-state index contributed by atoms with van der Waals surface area (Å²) in [6, 6.07) is 6.35. The van der Waals surface area contributed by atoms with Crippen molar-refractivity contribution in [3.63, 3.8) is 0 Å². The molecule has 0 radical (unpaired) electrons. The van der Waals surface area contributed by atoms with Gasteiger partial charge in [-0.25, -0.2) is 4.39 Å². The van der Waals surface area contributed by atoms with Gasteiger partial charge in [-0.15, -0.1) is 0 Å². The second-order valence-electron chi connectivity index (χ2n) is 4.46. The second-order valence-corrected chi connectivity index (χ2v) is 4.46. The number of hydrogen-bond acceptors (Lipinski definition) is 1. The van der Waals surface area contributed by atoms with Crippen LogP contribution in [-0.4, -0.2) is 11.1 Å². The quantitative estimate of drug-likeness (QED) is 0.834. The number of rotatable bonds is 5. The number of hydrogen-bond donors (Lipinski definition) is 1. The van der Waals surface area contributed by atoms with Crippen molar-refractivity contribution in [2.75, 3.05) is 0 Å². The Kier molecular flexibility index (Phi) is 4.47. The Morgan fingerprint density at radius 1 is 1.38 bits per heavy atom. The van der Waals surface area contributed by atoms with E-state index in [0.29, 0.717) is 17.9 Å². The fourth-order valence-electron chi connectivity index (χ4n) is 1.77. The Balaban J connectivity index is 2.76. The highest BCUT2D eigenvalue weighted by Crippen LogP contribution is 2.19. The van der Waals surface area contributed by atoms with E-state index < -0.39 is 11.9 Å². The summed E-state index contributed by atoms with van der Waals surface area (Å²) in [7, 11) is 0. The standard InChI is InChI=1S/C13H17FO2/c1-9(2)7-11(13(15)16)8-10-5-3-4-6-12(10)14/h3-6,9,11H,7-8H2,1-2H3,(H,15,16). The number of aliphatic carboxylic acids is 1. The summed E-state index contributed by atoms with van der Waals surface area (Å²) >= 11 is 0. The molecule has 2 nitrogen and oxygen atoms in total. The van der Waals surface area contributed by atoms with Crippen LogP contribution in [0.25, 0.3) is 0 Å². The van der Waals surface area contributed by atoms with Crippen molar-refractivity contribution >= 4 is 5.97 Å². The first-order chi connectivity index (χ1) is 7.50. The van der Waals surface area contributed by atoms with E-state index in [9.17, 15) is 9.18 Å². The maximum atomic E-state index is 13.4. The highest BCUT2D eigenvalue weighted by molar-refractivity contribution is 5.70. The Morgan fingerprint density at radius 3 is 2.50 bits per heavy atom. The van der Waals surface area contributed by atoms with Gasteiger partial charge in [-0.2, -0.15) is 0 Å². The van der Waals surface area contributed by atoms with Gasteiger partial charge in [0.15, 0.2) is 0 Å². The van der Waals surface area contributed by atoms with Crippen LogP contribution < -0.4 is 0 Å². The summed E-state index contributed by atoms with van der Waals surface area (Å²) < 4.78 is 13.4. The van der Waals surface area contributed by atoms with E-state index in [1.807, 2.05) is 13.8 Å². The number of carbonyl (C=O) groups is 1. The van der Waals surface area contributed by atoms with Gasteiger partial charge in [0.1, 0.15) is 5.82 Å². The minimum Gasteiger partial charge on any atom is -0.481 e. The summed E-state index contributed by atoms with van der Waals surface area (Å²) in [4.78, 5) is 11.0. The first-order valence-corrected chi connectivity index (χ1v) is 5.47. The lowest BCUT2D eigenvalue weighted by Gasteiger charge is -2.14. The summed E-state index contributed by atoms with van der Waals surface area (Å²) in [5.74, 6) is -1.38. The van der Waals surface area contributed by atoms with Gasteiger partial charge in [0.25, 0.3) is 0 Å². The van der Waals surface area contributed by atoms with E-state index in [1.54, 1.807) is 18.2 Å². The van der Waals surface area contributed by atoms with E-state index in [1.165, 1.54) is 6.07 Å². The second kappa shape index (κ2) is 5.64. The van der Waals surface area contributed by atoms with Gasteiger partial charge in [-0.3, -0.25) is 4.79 Å². The first-order valence-electron chi connectivity index (χ1n) is 5.47. The molecule has 1 rings (SSSR count). The first kappa shape index (κ1) is 12.7. The fraction of sp³-hybridized carbons (Fsp3) is 0.462. The highest BCUT2D eigenvalue weighted by atomic mass is 19.1. The van der Waals surface area contributed by atoms with Crippen LogP contribution in [-0.2, 0) is 11.2 Å². The van der Waals surface area contributed by atoms with Gasteiger partial charge in [0.05, 0.1) is 5.92 Å². The third-order valence-electron chi connectivity index (χ3n) is 2.53. The van der Waals surface area contributed by atoms with E-state index in [4.69, 9.17) is 5.11 Å². The maximum Gasteiger partial charge on any atom is 0.306 e. The molecule has 0 aliphatic heterocycles. The van der Waals surface area contributed by atoms with Crippen molar-refractivity contribution in [3.05, 3.63) is 35.6 Å². The van der Waals surface area contributed by atoms with Crippen LogP contribution in [0.5, 0.6) is 0 Å². The molecule has 3 heteroatoms. The van der Waals surface area contributed by atoms with E-state index in [2.05, 4.69) is 0 Å². The van der Waals surface area contributed by atoms with Gasteiger partial charge >= 0.3 is 5.97 Å². The van der Waals surface area contributed by atoms with Gasteiger partial charge in [0.2, 0.25) is 0 Å². The van der Waals surface area contributed by atoms with Gasteiger partial charge in [-0.1, -0.05) is 32.0 Å². The lowest BCUT2D eigenvalue weighted by molar-refractivity contribution is -0.142. The lowest BCUT2D eigenvalue weighted by Crippen LogP contribution is -2.19. The monoisotopic (exact) mass is 224 g/mol. The molecule has 0 saturated carbocycles. The van der Waals surface area contributed by atoms with Crippen molar-refractivity contribution in [2.45, 2.75) is 26.7 Å². The number of carboxylic acid groups (broad SMARTS) is 1. The number of benzene rings is 1. The van der Waals surface area contributed by atoms with Crippen molar-refractivity contribution in [1.82, 2.24) is 0 Å². The Hall–Kier alpha value is -1.38. The Labute approximate surface area is 95.1 Å². The van der Waals surface area contributed by atoms with Crippen LogP contribution in [0.2, 0.25) is 0 Å². The molecule has 16 heavy (non-hydrogen) atoms. The topological polar surface area (TPSA) is 37.3 Å². The molecule has 0 bridgehead atoms. The summed E-state index contributed by atoms with van der Waals surface area (Å²) in [6.07, 6.45) is 0.837. The molecule has 0 heterocycles. The zero-order valence-electron chi connectivity index (χ0n) is 9.61. The highest BCUT2D eigenvalue weighted by Gasteiger charge is 2.20. The van der Waals surface area contributed by atoms with Gasteiger partial charge in [0, 0.05) is 0 Å². The van der Waals surface area contributed by atoms with Crippen molar-refractivity contribution < 1.29 is 14.3 Å². The average Bonchev–Trinajstić information content (AvgIpc) is 2.19.